The Bertz CT molecular complexity index is 157. The van der Waals surface area contributed by atoms with Gasteiger partial charge in [-0.1, -0.05) is 26.2 Å². The molecule has 0 aromatic heterocycles. The molecule has 0 spiro atoms. The lowest BCUT2D eigenvalue weighted by molar-refractivity contribution is 0.138. The lowest BCUT2D eigenvalue weighted by Crippen LogP contribution is -2.33. The van der Waals surface area contributed by atoms with Gasteiger partial charge in [-0.2, -0.15) is 0 Å². The Balaban J connectivity index is 2.09. The highest BCUT2D eigenvalue weighted by Crippen LogP contribution is 2.31. The molecule has 1 fully saturated rings. The third-order valence-electron chi connectivity index (χ3n) is 3.57. The summed E-state index contributed by atoms with van der Waals surface area (Å²) in [5.41, 5.74) is 0. The van der Waals surface area contributed by atoms with Crippen molar-refractivity contribution in [3.05, 3.63) is 0 Å². The second kappa shape index (κ2) is 9.00. The van der Waals surface area contributed by atoms with E-state index in [2.05, 4.69) is 19.2 Å². The van der Waals surface area contributed by atoms with Crippen molar-refractivity contribution < 1.29 is 4.74 Å². The van der Waals surface area contributed by atoms with E-state index in [1.807, 2.05) is 0 Å². The van der Waals surface area contributed by atoms with Crippen molar-refractivity contribution >= 4 is 0 Å². The van der Waals surface area contributed by atoms with Gasteiger partial charge in [0.1, 0.15) is 0 Å². The van der Waals surface area contributed by atoms with Crippen LogP contribution in [0.4, 0.5) is 0 Å². The second-order valence-electron chi connectivity index (χ2n) is 5.02. The first-order valence-electron chi connectivity index (χ1n) is 7.18. The zero-order chi connectivity index (χ0) is 11.6. The zero-order valence-corrected chi connectivity index (χ0v) is 11.1. The summed E-state index contributed by atoms with van der Waals surface area (Å²) in [6.07, 6.45) is 9.53. The van der Waals surface area contributed by atoms with E-state index in [9.17, 15) is 0 Å². The highest BCUT2D eigenvalue weighted by atomic mass is 16.5. The molecule has 96 valence electrons. The minimum Gasteiger partial charge on any atom is -0.382 e. The Morgan fingerprint density at radius 3 is 2.69 bits per heavy atom. The first kappa shape index (κ1) is 14.0. The third kappa shape index (κ3) is 5.86. The van der Waals surface area contributed by atoms with Crippen molar-refractivity contribution in [1.82, 2.24) is 5.32 Å². The van der Waals surface area contributed by atoms with E-state index >= 15 is 0 Å². The summed E-state index contributed by atoms with van der Waals surface area (Å²) >= 11 is 0. The van der Waals surface area contributed by atoms with E-state index in [1.165, 1.54) is 51.5 Å². The summed E-state index contributed by atoms with van der Waals surface area (Å²) in [5.74, 6) is 1.02. The molecule has 1 atom stereocenters. The molecule has 1 saturated carbocycles. The largest absolute Gasteiger partial charge is 0.382 e. The van der Waals surface area contributed by atoms with Crippen LogP contribution in [0.3, 0.4) is 0 Å². The Morgan fingerprint density at radius 2 is 2.12 bits per heavy atom. The van der Waals surface area contributed by atoms with Crippen molar-refractivity contribution in [2.45, 2.75) is 64.8 Å². The minimum absolute atomic E-state index is 0.741. The summed E-state index contributed by atoms with van der Waals surface area (Å²) in [5, 5.41) is 3.69. The Morgan fingerprint density at radius 1 is 1.31 bits per heavy atom. The first-order valence-corrected chi connectivity index (χ1v) is 7.18. The Hall–Kier alpha value is -0.0800. The van der Waals surface area contributed by atoms with Crippen LogP contribution < -0.4 is 5.32 Å². The van der Waals surface area contributed by atoms with Gasteiger partial charge in [0.25, 0.3) is 0 Å². The monoisotopic (exact) mass is 227 g/mol. The van der Waals surface area contributed by atoms with Crippen LogP contribution in [0.2, 0.25) is 0 Å². The molecule has 0 aromatic carbocycles. The lowest BCUT2D eigenvalue weighted by Gasteiger charge is -2.30. The quantitative estimate of drug-likeness (QED) is 0.578. The van der Waals surface area contributed by atoms with Gasteiger partial charge in [0.05, 0.1) is 0 Å². The van der Waals surface area contributed by atoms with Crippen LogP contribution in [-0.2, 0) is 4.74 Å². The topological polar surface area (TPSA) is 21.3 Å². The zero-order valence-electron chi connectivity index (χ0n) is 11.1. The molecule has 0 saturated heterocycles. The number of ether oxygens (including phenoxy) is 1. The maximum Gasteiger partial charge on any atom is 0.0466 e. The molecule has 16 heavy (non-hydrogen) atoms. The van der Waals surface area contributed by atoms with E-state index < -0.39 is 0 Å². The molecule has 0 aliphatic heterocycles. The van der Waals surface area contributed by atoms with Crippen molar-refractivity contribution in [2.24, 2.45) is 5.92 Å². The predicted octanol–water partition coefficient (Wildman–Crippen LogP) is 3.36. The molecule has 1 rings (SSSR count). The Labute approximate surface area is 101 Å². The fraction of sp³-hybridized carbons (Fsp3) is 1.00. The van der Waals surface area contributed by atoms with Crippen molar-refractivity contribution in [3.63, 3.8) is 0 Å². The fourth-order valence-electron chi connectivity index (χ4n) is 2.36. The summed E-state index contributed by atoms with van der Waals surface area (Å²) in [6, 6.07) is 0.741. The normalized spacial score (nSPS) is 18.4. The predicted molar refractivity (Wildman–Crippen MR) is 69.8 cm³/mol. The van der Waals surface area contributed by atoms with Gasteiger partial charge < -0.3 is 10.1 Å². The van der Waals surface area contributed by atoms with Crippen LogP contribution in [-0.4, -0.2) is 25.8 Å². The van der Waals surface area contributed by atoms with Crippen LogP contribution in [0.1, 0.15) is 58.8 Å². The minimum atomic E-state index is 0.741. The van der Waals surface area contributed by atoms with Crippen LogP contribution in [0.25, 0.3) is 0 Å². The molecular weight excluding hydrogens is 198 g/mol. The van der Waals surface area contributed by atoms with Gasteiger partial charge in [0, 0.05) is 19.3 Å². The van der Waals surface area contributed by atoms with E-state index in [1.54, 1.807) is 0 Å². The van der Waals surface area contributed by atoms with Gasteiger partial charge >= 0.3 is 0 Å². The maximum absolute atomic E-state index is 5.41. The molecule has 0 amide bonds. The van der Waals surface area contributed by atoms with Crippen LogP contribution in [0.5, 0.6) is 0 Å². The average Bonchev–Trinajstić information content (AvgIpc) is 2.24. The van der Waals surface area contributed by atoms with E-state index in [0.717, 1.165) is 25.2 Å². The highest BCUT2D eigenvalue weighted by Gasteiger charge is 2.21. The molecule has 1 unspecified atom stereocenters. The van der Waals surface area contributed by atoms with Gasteiger partial charge in [-0.25, -0.2) is 0 Å². The molecule has 2 nitrogen and oxygen atoms in total. The molecule has 1 aliphatic rings. The van der Waals surface area contributed by atoms with Gasteiger partial charge in [0.2, 0.25) is 0 Å². The van der Waals surface area contributed by atoms with Crippen LogP contribution in [0.15, 0.2) is 0 Å². The standard InChI is InChI=1S/C14H29NO/c1-3-10-15-14(9-6-11-16-4-2)12-13-7-5-8-13/h13-15H,3-12H2,1-2H3. The van der Waals surface area contributed by atoms with Gasteiger partial charge in [0.15, 0.2) is 0 Å². The summed E-state index contributed by atoms with van der Waals surface area (Å²) in [4.78, 5) is 0. The summed E-state index contributed by atoms with van der Waals surface area (Å²) in [6.45, 7) is 7.28. The van der Waals surface area contributed by atoms with Crippen molar-refractivity contribution in [1.29, 1.82) is 0 Å². The van der Waals surface area contributed by atoms with Crippen LogP contribution in [0, 0.1) is 5.92 Å². The summed E-state index contributed by atoms with van der Waals surface area (Å²) < 4.78 is 5.41. The van der Waals surface area contributed by atoms with E-state index in [4.69, 9.17) is 4.74 Å². The fourth-order valence-corrected chi connectivity index (χ4v) is 2.36. The summed E-state index contributed by atoms with van der Waals surface area (Å²) in [7, 11) is 0. The average molecular weight is 227 g/mol. The van der Waals surface area contributed by atoms with Crippen LogP contribution >= 0.6 is 0 Å². The smallest absolute Gasteiger partial charge is 0.0466 e. The highest BCUT2D eigenvalue weighted by molar-refractivity contribution is 4.77. The molecule has 2 heteroatoms. The number of rotatable bonds is 10. The SMILES string of the molecule is CCCNC(CCCOCC)CC1CCC1. The first-order chi connectivity index (χ1) is 7.86. The molecule has 0 heterocycles. The van der Waals surface area contributed by atoms with Crippen molar-refractivity contribution in [2.75, 3.05) is 19.8 Å². The molecular formula is C14H29NO. The van der Waals surface area contributed by atoms with Crippen molar-refractivity contribution in [3.8, 4) is 0 Å². The molecule has 1 aliphatic carbocycles. The van der Waals surface area contributed by atoms with Gasteiger partial charge in [-0.05, 0) is 45.1 Å². The molecule has 0 aromatic rings. The lowest BCUT2D eigenvalue weighted by atomic mass is 9.80. The number of nitrogens with one attached hydrogen (secondary N) is 1. The van der Waals surface area contributed by atoms with E-state index in [0.29, 0.717) is 0 Å². The molecule has 0 bridgehead atoms. The number of hydrogen-bond acceptors (Lipinski definition) is 2. The van der Waals surface area contributed by atoms with E-state index in [-0.39, 0.29) is 0 Å². The van der Waals surface area contributed by atoms with Gasteiger partial charge in [-0.15, -0.1) is 0 Å². The second-order valence-corrected chi connectivity index (χ2v) is 5.02. The van der Waals surface area contributed by atoms with Gasteiger partial charge in [-0.3, -0.25) is 0 Å². The maximum atomic E-state index is 5.41. The molecule has 1 N–H and O–H groups in total. The number of hydrogen-bond donors (Lipinski definition) is 1. The third-order valence-corrected chi connectivity index (χ3v) is 3.57. The Kier molecular flexibility index (Phi) is 7.87. The molecule has 0 radical (unpaired) electrons.